The van der Waals surface area contributed by atoms with E-state index in [1.54, 1.807) is 18.2 Å². The van der Waals surface area contributed by atoms with E-state index in [4.69, 9.17) is 14.6 Å². The predicted octanol–water partition coefficient (Wildman–Crippen LogP) is 1.24. The summed E-state index contributed by atoms with van der Waals surface area (Å²) in [5, 5.41) is 11.7. The van der Waals surface area contributed by atoms with E-state index in [0.29, 0.717) is 24.1 Å². The second-order valence-electron chi connectivity index (χ2n) is 6.28. The van der Waals surface area contributed by atoms with E-state index in [1.807, 2.05) is 13.8 Å². The lowest BCUT2D eigenvalue weighted by Gasteiger charge is -2.31. The van der Waals surface area contributed by atoms with E-state index in [-0.39, 0.29) is 18.6 Å². The van der Waals surface area contributed by atoms with Gasteiger partial charge in [-0.25, -0.2) is 14.8 Å². The topological polar surface area (TPSA) is 111 Å². The van der Waals surface area contributed by atoms with Crippen LogP contribution in [0.25, 0.3) is 11.0 Å². The second kappa shape index (κ2) is 7.76. The number of benzene rings is 1. The highest BCUT2D eigenvalue weighted by molar-refractivity contribution is 5.97. The largest absolute Gasteiger partial charge is 0.480 e. The molecule has 0 spiro atoms. The first-order chi connectivity index (χ1) is 12.4. The first kappa shape index (κ1) is 18.2. The smallest absolute Gasteiger partial charge is 0.329 e. The Morgan fingerprint density at radius 2 is 2.00 bits per heavy atom. The third-order valence-electron chi connectivity index (χ3n) is 4.38. The van der Waals surface area contributed by atoms with Gasteiger partial charge in [0.2, 0.25) is 0 Å². The summed E-state index contributed by atoms with van der Waals surface area (Å²) in [7, 11) is 0. The van der Waals surface area contributed by atoms with Crippen molar-refractivity contribution >= 4 is 22.9 Å². The van der Waals surface area contributed by atoms with E-state index >= 15 is 0 Å². The molecule has 1 saturated heterocycles. The Bertz CT molecular complexity index is 839. The molecule has 26 heavy (non-hydrogen) atoms. The standard InChI is InChI=1S/C18H21N3O5/c1-10-11(2)20-15-7-12(3-4-13(15)19-10)18(24)21-14-5-6-25-8-16(14)26-9-17(22)23/h3-4,7,14,16H,5-6,8-9H2,1-2H3,(H,21,24)(H,22,23)/t14-,16-/m1/s1. The SMILES string of the molecule is Cc1nc2ccc(C(=O)N[C@@H]3CCOC[C@H]3OCC(=O)O)cc2nc1C. The van der Waals surface area contributed by atoms with Crippen molar-refractivity contribution in [2.75, 3.05) is 19.8 Å². The Morgan fingerprint density at radius 3 is 2.73 bits per heavy atom. The van der Waals surface area contributed by atoms with Gasteiger partial charge in [0, 0.05) is 12.2 Å². The summed E-state index contributed by atoms with van der Waals surface area (Å²) in [6.45, 7) is 4.08. The maximum atomic E-state index is 12.6. The molecule has 1 aliphatic heterocycles. The molecule has 2 aromatic rings. The number of carbonyl (C=O) groups is 2. The van der Waals surface area contributed by atoms with Gasteiger partial charge in [0.05, 0.1) is 35.1 Å². The summed E-state index contributed by atoms with van der Waals surface area (Å²) < 4.78 is 10.7. The molecule has 138 valence electrons. The Morgan fingerprint density at radius 1 is 1.27 bits per heavy atom. The normalized spacial score (nSPS) is 20.1. The van der Waals surface area contributed by atoms with Crippen LogP contribution in [-0.2, 0) is 14.3 Å². The van der Waals surface area contributed by atoms with Crippen molar-refractivity contribution in [3.63, 3.8) is 0 Å². The lowest BCUT2D eigenvalue weighted by Crippen LogP contribution is -2.50. The lowest BCUT2D eigenvalue weighted by molar-refractivity contribution is -0.148. The summed E-state index contributed by atoms with van der Waals surface area (Å²) in [5.41, 5.74) is 3.54. The molecule has 0 bridgehead atoms. The molecule has 8 heteroatoms. The van der Waals surface area contributed by atoms with Gasteiger partial charge in [-0.1, -0.05) is 0 Å². The zero-order valence-electron chi connectivity index (χ0n) is 14.7. The highest BCUT2D eigenvalue weighted by Crippen LogP contribution is 2.16. The predicted molar refractivity (Wildman–Crippen MR) is 93.1 cm³/mol. The van der Waals surface area contributed by atoms with Gasteiger partial charge in [0.25, 0.3) is 5.91 Å². The number of carboxylic acids is 1. The number of hydrogen-bond acceptors (Lipinski definition) is 6. The Balaban J connectivity index is 1.74. The van der Waals surface area contributed by atoms with E-state index < -0.39 is 18.7 Å². The third kappa shape index (κ3) is 4.14. The molecular weight excluding hydrogens is 338 g/mol. The quantitative estimate of drug-likeness (QED) is 0.826. The number of aliphatic carboxylic acids is 1. The molecule has 2 atom stereocenters. The summed E-state index contributed by atoms with van der Waals surface area (Å²) in [6.07, 6.45) is 0.0655. The van der Waals surface area contributed by atoms with Crippen molar-refractivity contribution in [3.05, 3.63) is 35.2 Å². The number of carbonyl (C=O) groups excluding carboxylic acids is 1. The fraction of sp³-hybridized carbons (Fsp3) is 0.444. The van der Waals surface area contributed by atoms with Crippen LogP contribution in [0.3, 0.4) is 0 Å². The molecule has 0 saturated carbocycles. The van der Waals surface area contributed by atoms with Crippen molar-refractivity contribution in [3.8, 4) is 0 Å². The summed E-state index contributed by atoms with van der Waals surface area (Å²) in [5.74, 6) is -1.32. The van der Waals surface area contributed by atoms with Gasteiger partial charge in [0.15, 0.2) is 0 Å². The molecule has 3 rings (SSSR count). The molecular formula is C18H21N3O5. The number of nitrogens with zero attached hydrogens (tertiary/aromatic N) is 2. The molecule has 8 nitrogen and oxygen atoms in total. The van der Waals surface area contributed by atoms with Gasteiger partial charge < -0.3 is 19.9 Å². The van der Waals surface area contributed by atoms with Crippen molar-refractivity contribution in [1.29, 1.82) is 0 Å². The maximum Gasteiger partial charge on any atom is 0.329 e. The van der Waals surface area contributed by atoms with Crippen molar-refractivity contribution < 1.29 is 24.2 Å². The first-order valence-corrected chi connectivity index (χ1v) is 8.41. The maximum absolute atomic E-state index is 12.6. The minimum Gasteiger partial charge on any atom is -0.480 e. The van der Waals surface area contributed by atoms with Crippen LogP contribution in [0, 0.1) is 13.8 Å². The van der Waals surface area contributed by atoms with E-state index in [0.717, 1.165) is 16.9 Å². The average molecular weight is 359 g/mol. The Labute approximate surface area is 150 Å². The average Bonchev–Trinajstić information content (AvgIpc) is 2.61. The summed E-state index contributed by atoms with van der Waals surface area (Å²) >= 11 is 0. The molecule has 0 radical (unpaired) electrons. The van der Waals surface area contributed by atoms with Gasteiger partial charge in [0.1, 0.15) is 12.7 Å². The van der Waals surface area contributed by atoms with Crippen LogP contribution in [0.4, 0.5) is 0 Å². The van der Waals surface area contributed by atoms with Crippen LogP contribution in [0.5, 0.6) is 0 Å². The Kier molecular flexibility index (Phi) is 5.43. The zero-order valence-corrected chi connectivity index (χ0v) is 14.7. The van der Waals surface area contributed by atoms with Crippen molar-refractivity contribution in [2.45, 2.75) is 32.4 Å². The monoisotopic (exact) mass is 359 g/mol. The van der Waals surface area contributed by atoms with Gasteiger partial charge in [-0.15, -0.1) is 0 Å². The highest BCUT2D eigenvalue weighted by atomic mass is 16.5. The number of carboxylic acid groups (broad SMARTS) is 1. The van der Waals surface area contributed by atoms with Crippen LogP contribution in [-0.4, -0.2) is 58.9 Å². The number of fused-ring (bicyclic) bond motifs is 1. The van der Waals surface area contributed by atoms with Gasteiger partial charge in [-0.05, 0) is 38.5 Å². The van der Waals surface area contributed by atoms with E-state index in [2.05, 4.69) is 15.3 Å². The van der Waals surface area contributed by atoms with Gasteiger partial charge in [-0.3, -0.25) is 4.79 Å². The molecule has 1 fully saturated rings. The molecule has 1 aliphatic rings. The second-order valence-corrected chi connectivity index (χ2v) is 6.28. The lowest BCUT2D eigenvalue weighted by atomic mass is 10.0. The van der Waals surface area contributed by atoms with Crippen LogP contribution >= 0.6 is 0 Å². The molecule has 0 aliphatic carbocycles. The number of ether oxygens (including phenoxy) is 2. The van der Waals surface area contributed by atoms with Crippen molar-refractivity contribution in [2.24, 2.45) is 0 Å². The number of amides is 1. The van der Waals surface area contributed by atoms with Crippen LogP contribution in [0.15, 0.2) is 18.2 Å². The molecule has 0 unspecified atom stereocenters. The zero-order chi connectivity index (χ0) is 18.7. The van der Waals surface area contributed by atoms with Crippen LogP contribution < -0.4 is 5.32 Å². The Hall–Kier alpha value is -2.58. The summed E-state index contributed by atoms with van der Waals surface area (Å²) in [4.78, 5) is 32.3. The van der Waals surface area contributed by atoms with Crippen LogP contribution in [0.2, 0.25) is 0 Å². The first-order valence-electron chi connectivity index (χ1n) is 8.41. The van der Waals surface area contributed by atoms with Crippen LogP contribution in [0.1, 0.15) is 28.2 Å². The molecule has 1 amide bonds. The number of nitrogens with one attached hydrogen (secondary N) is 1. The number of aromatic nitrogens is 2. The number of hydrogen-bond donors (Lipinski definition) is 2. The van der Waals surface area contributed by atoms with Crippen molar-refractivity contribution in [1.82, 2.24) is 15.3 Å². The fourth-order valence-corrected chi connectivity index (χ4v) is 2.84. The molecule has 2 N–H and O–H groups in total. The minimum atomic E-state index is -1.06. The molecule has 1 aromatic carbocycles. The minimum absolute atomic E-state index is 0.250. The molecule has 2 heterocycles. The van der Waals surface area contributed by atoms with Gasteiger partial charge in [-0.2, -0.15) is 0 Å². The van der Waals surface area contributed by atoms with E-state index in [1.165, 1.54) is 0 Å². The van der Waals surface area contributed by atoms with E-state index in [9.17, 15) is 9.59 Å². The molecule has 1 aromatic heterocycles. The van der Waals surface area contributed by atoms with Gasteiger partial charge >= 0.3 is 5.97 Å². The third-order valence-corrected chi connectivity index (χ3v) is 4.38. The summed E-state index contributed by atoms with van der Waals surface area (Å²) in [6, 6.07) is 4.87. The highest BCUT2D eigenvalue weighted by Gasteiger charge is 2.29. The number of aryl methyl sites for hydroxylation is 2. The number of rotatable bonds is 5. The fourth-order valence-electron chi connectivity index (χ4n) is 2.84.